The van der Waals surface area contributed by atoms with Crippen LogP contribution >= 0.6 is 0 Å². The molecule has 1 saturated carbocycles. The first kappa shape index (κ1) is 12.4. The second kappa shape index (κ2) is 4.64. The van der Waals surface area contributed by atoms with Gasteiger partial charge in [-0.3, -0.25) is 4.79 Å². The molecule has 1 aliphatic heterocycles. The van der Waals surface area contributed by atoms with E-state index in [1.807, 2.05) is 6.92 Å². The van der Waals surface area contributed by atoms with Gasteiger partial charge >= 0.3 is 5.97 Å². The molecular weight excluding hydrogens is 222 g/mol. The molecule has 2 N–H and O–H groups in total. The van der Waals surface area contributed by atoms with Gasteiger partial charge in [-0.15, -0.1) is 0 Å². The van der Waals surface area contributed by atoms with Gasteiger partial charge in [-0.2, -0.15) is 0 Å². The number of nitrogens with one attached hydrogen (secondary N) is 1. The molecule has 2 rings (SSSR count). The summed E-state index contributed by atoms with van der Waals surface area (Å²) in [6, 6.07) is 0. The van der Waals surface area contributed by atoms with Gasteiger partial charge in [0, 0.05) is 0 Å². The number of carboxylic acid groups (broad SMARTS) is 1. The Labute approximate surface area is 101 Å². The highest BCUT2D eigenvalue weighted by Crippen LogP contribution is 2.31. The Morgan fingerprint density at radius 2 is 2.00 bits per heavy atom. The fourth-order valence-electron chi connectivity index (χ4n) is 2.71. The molecule has 96 valence electrons. The number of hydrogen-bond donors (Lipinski definition) is 2. The van der Waals surface area contributed by atoms with Gasteiger partial charge in [0.15, 0.2) is 0 Å². The lowest BCUT2D eigenvalue weighted by Gasteiger charge is -2.26. The lowest BCUT2D eigenvalue weighted by Crippen LogP contribution is -2.54. The number of amides is 1. The summed E-state index contributed by atoms with van der Waals surface area (Å²) in [7, 11) is 0. The maximum absolute atomic E-state index is 12.0. The average molecular weight is 241 g/mol. The Morgan fingerprint density at radius 3 is 2.47 bits per heavy atom. The number of hydrogen-bond acceptors (Lipinski definition) is 3. The number of carbonyl (C=O) groups excluding carboxylic acids is 1. The van der Waals surface area contributed by atoms with Crippen molar-refractivity contribution < 1.29 is 19.4 Å². The van der Waals surface area contributed by atoms with Gasteiger partial charge in [0.05, 0.1) is 18.6 Å². The van der Waals surface area contributed by atoms with Crippen molar-refractivity contribution >= 4 is 11.9 Å². The Bertz CT molecular complexity index is 322. The quantitative estimate of drug-likeness (QED) is 0.770. The molecule has 0 bridgehead atoms. The highest BCUT2D eigenvalue weighted by Gasteiger charge is 2.44. The largest absolute Gasteiger partial charge is 0.480 e. The van der Waals surface area contributed by atoms with Crippen molar-refractivity contribution in [1.82, 2.24) is 5.32 Å². The predicted molar refractivity (Wildman–Crippen MR) is 60.5 cm³/mol. The highest BCUT2D eigenvalue weighted by molar-refractivity contribution is 5.88. The minimum absolute atomic E-state index is 0.0927. The third-order valence-electron chi connectivity index (χ3n) is 3.80. The molecule has 0 aromatic rings. The number of carboxylic acids is 1. The van der Waals surface area contributed by atoms with Crippen LogP contribution in [0.2, 0.25) is 0 Å². The molecule has 17 heavy (non-hydrogen) atoms. The van der Waals surface area contributed by atoms with E-state index >= 15 is 0 Å². The molecule has 0 spiro atoms. The van der Waals surface area contributed by atoms with Gasteiger partial charge < -0.3 is 15.2 Å². The Kier molecular flexibility index (Phi) is 3.38. The first-order valence-corrected chi connectivity index (χ1v) is 6.20. The van der Waals surface area contributed by atoms with Gasteiger partial charge in [0.1, 0.15) is 5.54 Å². The van der Waals surface area contributed by atoms with Crippen LogP contribution in [0, 0.1) is 5.92 Å². The van der Waals surface area contributed by atoms with Crippen molar-refractivity contribution in [3.8, 4) is 0 Å². The molecule has 1 amide bonds. The fourth-order valence-corrected chi connectivity index (χ4v) is 2.71. The molecular formula is C12H19NO4. The lowest BCUT2D eigenvalue weighted by molar-refractivity contribution is -0.148. The summed E-state index contributed by atoms with van der Waals surface area (Å²) >= 11 is 0. The minimum atomic E-state index is -1.02. The average Bonchev–Trinajstić information content (AvgIpc) is 2.87. The van der Waals surface area contributed by atoms with Crippen LogP contribution < -0.4 is 5.32 Å². The van der Waals surface area contributed by atoms with Crippen LogP contribution in [0.3, 0.4) is 0 Å². The zero-order valence-corrected chi connectivity index (χ0v) is 10.1. The second-order valence-electron chi connectivity index (χ2n) is 5.16. The third-order valence-corrected chi connectivity index (χ3v) is 3.80. The van der Waals surface area contributed by atoms with Crippen LogP contribution in [0.25, 0.3) is 0 Å². The van der Waals surface area contributed by atoms with E-state index in [4.69, 9.17) is 4.74 Å². The van der Waals surface area contributed by atoms with E-state index in [2.05, 4.69) is 5.32 Å². The van der Waals surface area contributed by atoms with E-state index in [0.29, 0.717) is 25.9 Å². The van der Waals surface area contributed by atoms with Crippen molar-refractivity contribution in [3.05, 3.63) is 0 Å². The summed E-state index contributed by atoms with van der Waals surface area (Å²) in [5.41, 5.74) is -1.02. The smallest absolute Gasteiger partial charge is 0.329 e. The maximum atomic E-state index is 12.0. The zero-order chi connectivity index (χ0) is 12.5. The van der Waals surface area contributed by atoms with Gasteiger partial charge in [-0.25, -0.2) is 4.79 Å². The molecule has 2 aliphatic rings. The Balaban J connectivity index is 1.99. The standard InChI is InChI=1S/C12H19NO4/c1-8-6-9(7-17-8)10(14)13-12(11(15)16)4-2-3-5-12/h8-9H,2-7H2,1H3,(H,13,14)(H,15,16). The molecule has 0 aromatic heterocycles. The van der Waals surface area contributed by atoms with Crippen molar-refractivity contribution in [2.75, 3.05) is 6.61 Å². The van der Waals surface area contributed by atoms with E-state index in [-0.39, 0.29) is 17.9 Å². The number of ether oxygens (including phenoxy) is 1. The Hall–Kier alpha value is -1.10. The van der Waals surface area contributed by atoms with Gasteiger partial charge in [-0.1, -0.05) is 12.8 Å². The molecule has 1 aliphatic carbocycles. The van der Waals surface area contributed by atoms with Gasteiger partial charge in [-0.05, 0) is 26.2 Å². The molecule has 0 aromatic carbocycles. The molecule has 1 heterocycles. The number of carbonyl (C=O) groups is 2. The summed E-state index contributed by atoms with van der Waals surface area (Å²) < 4.78 is 5.34. The van der Waals surface area contributed by atoms with E-state index < -0.39 is 11.5 Å². The molecule has 1 saturated heterocycles. The monoisotopic (exact) mass is 241 g/mol. The van der Waals surface area contributed by atoms with Gasteiger partial charge in [0.2, 0.25) is 5.91 Å². The third kappa shape index (κ3) is 2.44. The van der Waals surface area contributed by atoms with Crippen LogP contribution in [-0.4, -0.2) is 35.2 Å². The van der Waals surface area contributed by atoms with Crippen LogP contribution in [0.4, 0.5) is 0 Å². The molecule has 5 nitrogen and oxygen atoms in total. The predicted octanol–water partition coefficient (Wildman–Crippen LogP) is 0.925. The maximum Gasteiger partial charge on any atom is 0.329 e. The summed E-state index contributed by atoms with van der Waals surface area (Å²) in [6.07, 6.45) is 3.58. The van der Waals surface area contributed by atoms with Crippen LogP contribution in [0.1, 0.15) is 39.0 Å². The molecule has 5 heteroatoms. The van der Waals surface area contributed by atoms with Gasteiger partial charge in [0.25, 0.3) is 0 Å². The first-order valence-electron chi connectivity index (χ1n) is 6.20. The summed E-state index contributed by atoms with van der Waals surface area (Å²) in [5.74, 6) is -1.27. The van der Waals surface area contributed by atoms with Crippen molar-refractivity contribution in [2.24, 2.45) is 5.92 Å². The van der Waals surface area contributed by atoms with E-state index in [0.717, 1.165) is 12.8 Å². The van der Waals surface area contributed by atoms with Crippen molar-refractivity contribution in [3.63, 3.8) is 0 Å². The molecule has 2 fully saturated rings. The fraction of sp³-hybridized carbons (Fsp3) is 0.833. The lowest BCUT2D eigenvalue weighted by atomic mass is 9.95. The number of aliphatic carboxylic acids is 1. The van der Waals surface area contributed by atoms with Crippen molar-refractivity contribution in [2.45, 2.75) is 50.7 Å². The van der Waals surface area contributed by atoms with Crippen LogP contribution in [0.5, 0.6) is 0 Å². The first-order chi connectivity index (χ1) is 8.03. The highest BCUT2D eigenvalue weighted by atomic mass is 16.5. The van der Waals surface area contributed by atoms with Crippen LogP contribution in [0.15, 0.2) is 0 Å². The molecule has 2 unspecified atom stereocenters. The second-order valence-corrected chi connectivity index (χ2v) is 5.16. The Morgan fingerprint density at radius 1 is 1.35 bits per heavy atom. The topological polar surface area (TPSA) is 75.6 Å². The van der Waals surface area contributed by atoms with E-state index in [1.165, 1.54) is 0 Å². The zero-order valence-electron chi connectivity index (χ0n) is 10.1. The number of rotatable bonds is 3. The normalized spacial score (nSPS) is 31.4. The van der Waals surface area contributed by atoms with E-state index in [1.54, 1.807) is 0 Å². The minimum Gasteiger partial charge on any atom is -0.480 e. The SMILES string of the molecule is CC1CC(C(=O)NC2(C(=O)O)CCCC2)CO1. The van der Waals surface area contributed by atoms with Crippen LogP contribution in [-0.2, 0) is 14.3 Å². The molecule has 2 atom stereocenters. The molecule has 0 radical (unpaired) electrons. The summed E-state index contributed by atoms with van der Waals surface area (Å²) in [5, 5.41) is 12.0. The van der Waals surface area contributed by atoms with Crippen molar-refractivity contribution in [1.29, 1.82) is 0 Å². The summed E-state index contributed by atoms with van der Waals surface area (Å²) in [6.45, 7) is 2.33. The van der Waals surface area contributed by atoms with E-state index in [9.17, 15) is 14.7 Å². The summed E-state index contributed by atoms with van der Waals surface area (Å²) in [4.78, 5) is 23.3.